The van der Waals surface area contributed by atoms with Gasteiger partial charge in [-0.25, -0.2) is 4.39 Å². The Balaban J connectivity index is 3.75. The smallest absolute Gasteiger partial charge is 0.106 e. The molecule has 0 spiro atoms. The van der Waals surface area contributed by atoms with E-state index in [9.17, 15) is 4.39 Å². The summed E-state index contributed by atoms with van der Waals surface area (Å²) in [4.78, 5) is -0.563. The van der Waals surface area contributed by atoms with Crippen LogP contribution in [0, 0.1) is 0 Å². The van der Waals surface area contributed by atoms with Crippen LogP contribution in [0.5, 0.6) is 0 Å². The van der Waals surface area contributed by atoms with E-state index in [1.807, 2.05) is 0 Å². The van der Waals surface area contributed by atoms with Crippen molar-refractivity contribution in [3.05, 3.63) is 12.0 Å². The van der Waals surface area contributed by atoms with Gasteiger partial charge in [-0.15, -0.1) is 0 Å². The molecule has 0 heterocycles. The summed E-state index contributed by atoms with van der Waals surface area (Å²) in [6, 6.07) is 0. The third kappa shape index (κ3) is 5.63. The van der Waals surface area contributed by atoms with Crippen molar-refractivity contribution in [3.63, 3.8) is 0 Å². The highest BCUT2D eigenvalue weighted by Gasteiger charge is 2.10. The van der Waals surface area contributed by atoms with Gasteiger partial charge in [-0.3, -0.25) is 0 Å². The first-order chi connectivity index (χ1) is 3.95. The van der Waals surface area contributed by atoms with Crippen LogP contribution in [0.25, 0.3) is 0 Å². The molecule has 0 aromatic heterocycles. The lowest BCUT2D eigenvalue weighted by Gasteiger charge is -2.18. The number of nitrogens with one attached hydrogen (secondary N) is 1. The van der Waals surface area contributed by atoms with Gasteiger partial charge in [0.2, 0.25) is 0 Å². The van der Waals surface area contributed by atoms with E-state index in [1.54, 1.807) is 20.8 Å². The molecule has 0 aromatic rings. The van der Waals surface area contributed by atoms with E-state index >= 15 is 0 Å². The molecule has 3 heteroatoms. The molecule has 0 atom stereocenters. The predicted molar refractivity (Wildman–Crippen MR) is 37.9 cm³/mol. The Hall–Kier alpha value is -0.240. The molecule has 0 unspecified atom stereocenters. The molecule has 1 nitrogen and oxygen atoms in total. The first kappa shape index (κ1) is 8.76. The van der Waals surface area contributed by atoms with Crippen molar-refractivity contribution in [1.29, 1.82) is 0 Å². The minimum Gasteiger partial charge on any atom is -0.369 e. The van der Waals surface area contributed by atoms with Crippen LogP contribution in [0.4, 0.5) is 4.39 Å². The monoisotopic (exact) mass is 151 g/mol. The van der Waals surface area contributed by atoms with Crippen LogP contribution in [0.3, 0.4) is 0 Å². The van der Waals surface area contributed by atoms with Gasteiger partial charge in [-0.2, -0.15) is 0 Å². The highest BCUT2D eigenvalue weighted by molar-refractivity contribution is 6.23. The van der Waals surface area contributed by atoms with Crippen LogP contribution in [0.15, 0.2) is 12.0 Å². The van der Waals surface area contributed by atoms with E-state index in [4.69, 9.17) is 11.6 Å². The number of rotatable bonds is 2. The average molecular weight is 152 g/mol. The fourth-order valence-electron chi connectivity index (χ4n) is 0.496. The van der Waals surface area contributed by atoms with Gasteiger partial charge >= 0.3 is 0 Å². The first-order valence-electron chi connectivity index (χ1n) is 2.70. The van der Waals surface area contributed by atoms with Crippen molar-refractivity contribution in [3.8, 4) is 0 Å². The second-order valence-electron chi connectivity index (χ2n) is 2.39. The molecule has 0 saturated carbocycles. The summed E-state index contributed by atoms with van der Waals surface area (Å²) in [5, 5.41) is 2.72. The number of halogens is 2. The minimum atomic E-state index is -0.563. The van der Waals surface area contributed by atoms with Gasteiger partial charge in [0.05, 0.1) is 0 Å². The van der Waals surface area contributed by atoms with Gasteiger partial charge < -0.3 is 5.32 Å². The second-order valence-corrected chi connectivity index (χ2v) is 3.33. The lowest BCUT2D eigenvalue weighted by atomic mass is 10.3. The van der Waals surface area contributed by atoms with Crippen molar-refractivity contribution in [1.82, 2.24) is 5.32 Å². The summed E-state index contributed by atoms with van der Waals surface area (Å²) in [5.41, 5.74) is 0.440. The minimum absolute atomic E-state index is 0.440. The average Bonchev–Trinajstić information content (AvgIpc) is 1.62. The van der Waals surface area contributed by atoms with E-state index in [0.29, 0.717) is 12.0 Å². The zero-order valence-electron chi connectivity index (χ0n) is 5.83. The number of alkyl halides is 1. The number of allylic oxidation sites excluding steroid dienone is 1. The quantitative estimate of drug-likeness (QED) is 0.472. The van der Waals surface area contributed by atoms with Gasteiger partial charge in [0.1, 0.15) is 11.3 Å². The lowest BCUT2D eigenvalue weighted by molar-refractivity contribution is 0.578. The molecule has 54 valence electrons. The molecule has 0 aliphatic carbocycles. The van der Waals surface area contributed by atoms with Gasteiger partial charge in [0, 0.05) is 5.70 Å². The lowest BCUT2D eigenvalue weighted by Crippen LogP contribution is -2.31. The van der Waals surface area contributed by atoms with Crippen molar-refractivity contribution >= 4 is 11.6 Å². The van der Waals surface area contributed by atoms with Crippen LogP contribution < -0.4 is 5.32 Å². The fourth-order valence-corrected chi connectivity index (χ4v) is 0.645. The zero-order chi connectivity index (χ0) is 7.49. The maximum atomic E-state index is 11.6. The molecule has 0 fully saturated rings. The molecule has 0 bridgehead atoms. The Labute approximate surface area is 59.9 Å². The van der Waals surface area contributed by atoms with E-state index < -0.39 is 5.00 Å². The van der Waals surface area contributed by atoms with Gasteiger partial charge in [-0.1, -0.05) is 11.6 Å². The zero-order valence-corrected chi connectivity index (χ0v) is 6.59. The number of hydrogen-bond donors (Lipinski definition) is 1. The number of hydrogen-bond acceptors (Lipinski definition) is 1. The van der Waals surface area contributed by atoms with Crippen LogP contribution in [0.1, 0.15) is 20.8 Å². The standard InChI is InChI=1S/C6H11ClFN/c1-5(4-8)9-6(2,3)7/h4,9H,1-3H3/b5-4-. The summed E-state index contributed by atoms with van der Waals surface area (Å²) >= 11 is 5.69. The van der Waals surface area contributed by atoms with Gasteiger partial charge in [0.25, 0.3) is 0 Å². The van der Waals surface area contributed by atoms with Crippen LogP contribution >= 0.6 is 11.6 Å². The molecule has 0 rings (SSSR count). The SMILES string of the molecule is C/C(=C/F)NC(C)(C)Cl. The molecule has 0 saturated heterocycles. The summed E-state index contributed by atoms with van der Waals surface area (Å²) in [6.07, 6.45) is 0.490. The Morgan fingerprint density at radius 1 is 1.67 bits per heavy atom. The van der Waals surface area contributed by atoms with E-state index in [0.717, 1.165) is 0 Å². The molecule has 0 aliphatic heterocycles. The Morgan fingerprint density at radius 3 is 2.22 bits per heavy atom. The van der Waals surface area contributed by atoms with Crippen LogP contribution in [0.2, 0.25) is 0 Å². The van der Waals surface area contributed by atoms with E-state index in [2.05, 4.69) is 5.32 Å². The van der Waals surface area contributed by atoms with Crippen molar-refractivity contribution < 1.29 is 4.39 Å². The second kappa shape index (κ2) is 3.06. The highest BCUT2D eigenvalue weighted by atomic mass is 35.5. The third-order valence-electron chi connectivity index (χ3n) is 0.658. The van der Waals surface area contributed by atoms with E-state index in [1.165, 1.54) is 0 Å². The van der Waals surface area contributed by atoms with Gasteiger partial charge in [0.15, 0.2) is 0 Å². The van der Waals surface area contributed by atoms with Crippen LogP contribution in [-0.4, -0.2) is 5.00 Å². The largest absolute Gasteiger partial charge is 0.369 e. The Morgan fingerprint density at radius 2 is 2.11 bits per heavy atom. The highest BCUT2D eigenvalue weighted by Crippen LogP contribution is 2.09. The topological polar surface area (TPSA) is 12.0 Å². The van der Waals surface area contributed by atoms with E-state index in [-0.39, 0.29) is 0 Å². The molecular weight excluding hydrogens is 141 g/mol. The molecule has 0 aromatic carbocycles. The Bertz CT molecular complexity index is 115. The van der Waals surface area contributed by atoms with Gasteiger partial charge in [-0.05, 0) is 20.8 Å². The first-order valence-corrected chi connectivity index (χ1v) is 3.07. The van der Waals surface area contributed by atoms with Crippen molar-refractivity contribution in [2.24, 2.45) is 0 Å². The Kier molecular flexibility index (Phi) is 2.98. The molecule has 0 radical (unpaired) electrons. The van der Waals surface area contributed by atoms with Crippen molar-refractivity contribution in [2.45, 2.75) is 25.8 Å². The van der Waals surface area contributed by atoms with Crippen LogP contribution in [-0.2, 0) is 0 Å². The predicted octanol–water partition coefficient (Wildman–Crippen LogP) is 2.38. The summed E-state index contributed by atoms with van der Waals surface area (Å²) < 4.78 is 11.6. The summed E-state index contributed by atoms with van der Waals surface area (Å²) in [7, 11) is 0. The molecular formula is C6H11ClFN. The molecule has 0 amide bonds. The summed E-state index contributed by atoms with van der Waals surface area (Å²) in [6.45, 7) is 5.12. The van der Waals surface area contributed by atoms with Crippen molar-refractivity contribution in [2.75, 3.05) is 0 Å². The fraction of sp³-hybridized carbons (Fsp3) is 0.667. The third-order valence-corrected chi connectivity index (χ3v) is 0.753. The normalized spacial score (nSPS) is 13.7. The maximum Gasteiger partial charge on any atom is 0.106 e. The summed E-state index contributed by atoms with van der Waals surface area (Å²) in [5.74, 6) is 0. The molecule has 0 aliphatic rings. The maximum absolute atomic E-state index is 11.6. The molecule has 9 heavy (non-hydrogen) atoms. The molecule has 1 N–H and O–H groups in total.